The topological polar surface area (TPSA) is 207 Å². The fourth-order valence-electron chi connectivity index (χ4n) is 11.1. The van der Waals surface area contributed by atoms with Crippen LogP contribution in [0.25, 0.3) is 0 Å². The average molecular weight is 1240 g/mol. The Morgan fingerprint density at radius 3 is 1.55 bits per heavy atom. The zero-order chi connectivity index (χ0) is 63.2. The van der Waals surface area contributed by atoms with E-state index in [9.17, 15) is 50.2 Å². The van der Waals surface area contributed by atoms with Crippen LogP contribution in [0.1, 0.15) is 148 Å². The first-order valence-electron chi connectivity index (χ1n) is 30.6. The molecule has 0 aromatic heterocycles. The summed E-state index contributed by atoms with van der Waals surface area (Å²) in [6.45, 7) is 19.1. The van der Waals surface area contributed by atoms with Crippen molar-refractivity contribution in [3.8, 4) is 11.5 Å². The van der Waals surface area contributed by atoms with Crippen LogP contribution < -0.4 is 9.47 Å². The van der Waals surface area contributed by atoms with E-state index in [0.29, 0.717) is 61.6 Å². The molecule has 478 valence electrons. The first-order valence-corrected chi connectivity index (χ1v) is 33.5. The molecular formula is C66H95F2N3O13S2. The molecule has 20 heteroatoms. The number of aliphatic hydroxyl groups is 2. The van der Waals surface area contributed by atoms with Crippen LogP contribution in [-0.4, -0.2) is 141 Å². The zero-order valence-electron chi connectivity index (χ0n) is 52.1. The average Bonchev–Trinajstić information content (AvgIpc) is 2.54. The third-order valence-electron chi connectivity index (χ3n) is 15.3. The second-order valence-corrected chi connectivity index (χ2v) is 28.1. The Morgan fingerprint density at radius 2 is 1.12 bits per heavy atom. The fourth-order valence-corrected chi connectivity index (χ4v) is 14.3. The minimum atomic E-state index is -3.96. The maximum absolute atomic E-state index is 14.6. The van der Waals surface area contributed by atoms with E-state index in [2.05, 4.69) is 13.8 Å². The quantitative estimate of drug-likeness (QED) is 0.0562. The summed E-state index contributed by atoms with van der Waals surface area (Å²) < 4.78 is 108. The molecule has 86 heavy (non-hydrogen) atoms. The number of halogens is 2. The molecule has 16 nitrogen and oxygen atoms in total. The van der Waals surface area contributed by atoms with Gasteiger partial charge >= 0.3 is 6.09 Å². The summed E-state index contributed by atoms with van der Waals surface area (Å²) in [5.74, 6) is -1.94. The number of nitrogens with zero attached hydrogens (tertiary/aromatic N) is 3. The number of rotatable bonds is 26. The molecule has 3 heterocycles. The van der Waals surface area contributed by atoms with Crippen molar-refractivity contribution in [2.75, 3.05) is 59.2 Å². The van der Waals surface area contributed by atoms with Crippen LogP contribution in [0.15, 0.2) is 94.7 Å². The molecule has 3 aliphatic rings. The highest BCUT2D eigenvalue weighted by atomic mass is 32.2. The van der Waals surface area contributed by atoms with Gasteiger partial charge in [-0.3, -0.25) is 4.90 Å². The van der Waals surface area contributed by atoms with E-state index in [1.807, 2.05) is 13.0 Å². The normalized spacial score (nSPS) is 18.3. The number of ketones is 2. The number of ether oxygens (including phenoxy) is 4. The maximum Gasteiger partial charge on any atom is 0.410 e. The predicted molar refractivity (Wildman–Crippen MR) is 329 cm³/mol. The van der Waals surface area contributed by atoms with Crippen molar-refractivity contribution in [1.82, 2.24) is 13.5 Å². The van der Waals surface area contributed by atoms with Crippen molar-refractivity contribution in [3.63, 3.8) is 0 Å². The fraction of sp³-hybridized carbons (Fsp3) is 0.591. The number of hydrogen-bond donors (Lipinski definition) is 2. The van der Waals surface area contributed by atoms with E-state index >= 15 is 0 Å². The number of piperidine rings is 1. The molecule has 3 saturated heterocycles. The summed E-state index contributed by atoms with van der Waals surface area (Å²) in [7, 11) is -7.65. The molecule has 1 amide bonds. The number of aliphatic hydroxyl groups excluding tert-OH is 2. The Morgan fingerprint density at radius 1 is 0.640 bits per heavy atom. The van der Waals surface area contributed by atoms with Crippen molar-refractivity contribution in [3.05, 3.63) is 119 Å². The van der Waals surface area contributed by atoms with Gasteiger partial charge in [-0.2, -0.15) is 8.61 Å². The number of carbonyl (C=O) groups excluding carboxylic acids is 3. The lowest BCUT2D eigenvalue weighted by atomic mass is 9.80. The van der Waals surface area contributed by atoms with Crippen LogP contribution in [0.3, 0.4) is 0 Å². The van der Waals surface area contributed by atoms with Crippen LogP contribution in [-0.2, 0) is 52.0 Å². The number of piperazine rings is 1. The molecule has 3 fully saturated rings. The van der Waals surface area contributed by atoms with E-state index in [1.165, 1.54) is 70.5 Å². The maximum atomic E-state index is 14.6. The first-order chi connectivity index (χ1) is 40.7. The summed E-state index contributed by atoms with van der Waals surface area (Å²) in [6.07, 6.45) is 7.20. The van der Waals surface area contributed by atoms with Crippen molar-refractivity contribution >= 4 is 37.7 Å². The smallest absolute Gasteiger partial charge is 0.410 e. The predicted octanol–water partition coefficient (Wildman–Crippen LogP) is 11.6. The van der Waals surface area contributed by atoms with Crippen molar-refractivity contribution in [2.24, 2.45) is 17.8 Å². The Labute approximate surface area is 511 Å². The molecule has 0 spiro atoms. The van der Waals surface area contributed by atoms with Gasteiger partial charge in [0.2, 0.25) is 20.0 Å². The van der Waals surface area contributed by atoms with Gasteiger partial charge in [0.05, 0.1) is 41.3 Å². The number of carbonyl (C=O) groups is 3. The summed E-state index contributed by atoms with van der Waals surface area (Å²) in [6, 6.07) is 21.2. The summed E-state index contributed by atoms with van der Waals surface area (Å²) in [5, 5.41) is 23.2. The second kappa shape index (κ2) is 34.4. The van der Waals surface area contributed by atoms with Crippen LogP contribution >= 0.6 is 0 Å². The number of benzene rings is 4. The molecule has 6 atom stereocenters. The third-order valence-corrected chi connectivity index (χ3v) is 19.1. The minimum absolute atomic E-state index is 0.00125. The van der Waals surface area contributed by atoms with E-state index < -0.39 is 73.5 Å². The van der Waals surface area contributed by atoms with Gasteiger partial charge in [-0.15, -0.1) is 0 Å². The van der Waals surface area contributed by atoms with Crippen LogP contribution in [0.5, 0.6) is 11.5 Å². The van der Waals surface area contributed by atoms with Gasteiger partial charge in [0.25, 0.3) is 0 Å². The standard InChI is InChI=1S/C33H47FN2O7S.C29H40FNO5S.C4H8O/c1-7-8-9-15-42-28-20-25(19-27(34)21-28)18-26(17-24(3)37)31(38)30-22-35(13-14-36(30)32(39)43-33(4,5)6)44(40,41)29-12-10-11-23(2)16-29;1-4-5-6-13-36-27-18-23(17-26(30)19-27)16-25(15-22(3)32)29(33)24-10-8-12-31(20-24)37(34,35)28-11-7-9-21(2)14-28;1-2-4-5-3-1/h10-12,16,19-21,26,30-31,38H,7-9,13-15,17-18,22H2,1-6H3;7,9,11,14,17-19,24-25,29,33H,4-6,8,10,12-13,15-16,20H2,1-3H3;1-4H2/t26-,30+,31-;24-,25+,29-;/m01./s1. The molecule has 0 unspecified atom stereocenters. The molecule has 0 bridgehead atoms. The van der Waals surface area contributed by atoms with Gasteiger partial charge in [-0.05, 0) is 188 Å². The molecule has 4 aromatic rings. The minimum Gasteiger partial charge on any atom is -0.493 e. The Bertz CT molecular complexity index is 3020. The molecule has 0 radical (unpaired) electrons. The van der Waals surface area contributed by atoms with Gasteiger partial charge < -0.3 is 38.7 Å². The molecule has 2 N–H and O–H groups in total. The highest BCUT2D eigenvalue weighted by Crippen LogP contribution is 2.34. The SMILES string of the molecule is C1CCOC1.CCCCCOc1cc(F)cc(C[C@H](CC(C)=O)[C@H](O)[C@@H]2CCCN(S(=O)(=O)c3cccc(C)c3)C2)c1.CCCCCOc1cc(F)cc(C[C@H](CC(C)=O)[C@H](O)[C@H]2CN(S(=O)(=O)c3cccc(C)c3)CCN2C(=O)OC(C)(C)C)c1. The van der Waals surface area contributed by atoms with Crippen molar-refractivity contribution in [1.29, 1.82) is 0 Å². The lowest BCUT2D eigenvalue weighted by Crippen LogP contribution is -2.62. The molecule has 3 aliphatic heterocycles. The number of unbranched alkanes of at least 4 members (excludes halogenated alkanes) is 4. The highest BCUT2D eigenvalue weighted by Gasteiger charge is 2.44. The largest absolute Gasteiger partial charge is 0.493 e. The Hall–Kier alpha value is -5.35. The number of amides is 1. The summed E-state index contributed by atoms with van der Waals surface area (Å²) in [5.41, 5.74) is 1.98. The molecule has 4 aromatic carbocycles. The Kier molecular flexibility index (Phi) is 28.6. The van der Waals surface area contributed by atoms with E-state index in [1.54, 1.807) is 76.2 Å². The highest BCUT2D eigenvalue weighted by molar-refractivity contribution is 7.89. The van der Waals surface area contributed by atoms with Gasteiger partial charge in [0.1, 0.15) is 40.3 Å². The monoisotopic (exact) mass is 1240 g/mol. The Balaban J connectivity index is 0.000000293. The van der Waals surface area contributed by atoms with Crippen LogP contribution in [0.4, 0.5) is 13.6 Å². The van der Waals surface area contributed by atoms with Crippen molar-refractivity contribution < 1.29 is 69.2 Å². The van der Waals surface area contributed by atoms with Crippen LogP contribution in [0, 0.1) is 43.2 Å². The number of Topliss-reactive ketones (excluding diaryl/α,β-unsaturated/α-hetero) is 2. The van der Waals surface area contributed by atoms with Crippen molar-refractivity contribution in [2.45, 2.75) is 186 Å². The van der Waals surface area contributed by atoms with Gasteiger partial charge in [0.15, 0.2) is 0 Å². The van der Waals surface area contributed by atoms with E-state index in [4.69, 9.17) is 18.9 Å². The number of sulfonamides is 2. The number of hydrogen-bond acceptors (Lipinski definition) is 13. The van der Waals surface area contributed by atoms with Crippen LogP contribution in [0.2, 0.25) is 0 Å². The van der Waals surface area contributed by atoms with Gasteiger partial charge in [-0.1, -0.05) is 63.8 Å². The van der Waals surface area contributed by atoms with Gasteiger partial charge in [-0.25, -0.2) is 30.4 Å². The molecule has 0 aliphatic carbocycles. The zero-order valence-corrected chi connectivity index (χ0v) is 53.7. The summed E-state index contributed by atoms with van der Waals surface area (Å²) in [4.78, 5) is 39.5. The molecule has 7 rings (SSSR count). The second-order valence-electron chi connectivity index (χ2n) is 24.2. The molecular weight excluding hydrogens is 1140 g/mol. The van der Waals surface area contributed by atoms with Gasteiger partial charge in [0, 0.05) is 70.9 Å². The third kappa shape index (κ3) is 23.0. The lowest BCUT2D eigenvalue weighted by molar-refractivity contribution is -0.120. The summed E-state index contributed by atoms with van der Waals surface area (Å²) >= 11 is 0. The number of aryl methyl sites for hydroxylation is 2. The first kappa shape index (κ1) is 71.4. The lowest BCUT2D eigenvalue weighted by Gasteiger charge is -2.44. The molecule has 0 saturated carbocycles. The van der Waals surface area contributed by atoms with E-state index in [0.717, 1.165) is 62.9 Å². The van der Waals surface area contributed by atoms with E-state index in [-0.39, 0.29) is 72.7 Å².